The zero-order valence-corrected chi connectivity index (χ0v) is 13.6. The first-order chi connectivity index (χ1) is 11.8. The quantitative estimate of drug-likeness (QED) is 0.553. The summed E-state index contributed by atoms with van der Waals surface area (Å²) < 4.78 is 2.08. The number of aromatic nitrogens is 2. The second-order valence-electron chi connectivity index (χ2n) is 5.33. The molecule has 4 rings (SSSR count). The van der Waals surface area contributed by atoms with Gasteiger partial charge >= 0.3 is 0 Å². The Balaban J connectivity index is 2.00. The average Bonchev–Trinajstić information content (AvgIpc) is 2.64. The smallest absolute Gasteiger partial charge is 0.190 e. The normalized spacial score (nSPS) is 10.8. The molecule has 0 radical (unpaired) electrons. The topological polar surface area (TPSA) is 34.9 Å². The van der Waals surface area contributed by atoms with Crippen molar-refractivity contribution in [3.63, 3.8) is 0 Å². The lowest BCUT2D eigenvalue weighted by Crippen LogP contribution is -2.10. The van der Waals surface area contributed by atoms with Gasteiger partial charge in [-0.1, -0.05) is 48.2 Å². The Morgan fingerprint density at radius 1 is 0.875 bits per heavy atom. The van der Waals surface area contributed by atoms with Crippen molar-refractivity contribution in [2.75, 3.05) is 0 Å². The molecule has 0 aliphatic heterocycles. The van der Waals surface area contributed by atoms with Crippen LogP contribution in [-0.2, 0) is 0 Å². The van der Waals surface area contributed by atoms with E-state index in [-0.39, 0.29) is 5.43 Å². The van der Waals surface area contributed by atoms with E-state index in [4.69, 9.17) is 0 Å². The maximum atomic E-state index is 12.5. The highest BCUT2D eigenvalue weighted by molar-refractivity contribution is 7.99. The molecular weight excluding hydrogens is 316 g/mol. The first-order valence-electron chi connectivity index (χ1n) is 7.61. The van der Waals surface area contributed by atoms with Gasteiger partial charge in [-0.2, -0.15) is 0 Å². The van der Waals surface area contributed by atoms with E-state index in [1.807, 2.05) is 60.7 Å². The van der Waals surface area contributed by atoms with Crippen molar-refractivity contribution in [1.82, 2.24) is 9.55 Å². The van der Waals surface area contributed by atoms with E-state index >= 15 is 0 Å². The lowest BCUT2D eigenvalue weighted by atomic mass is 10.2. The van der Waals surface area contributed by atoms with E-state index in [1.54, 1.807) is 36.3 Å². The Morgan fingerprint density at radius 3 is 2.33 bits per heavy atom. The predicted molar refractivity (Wildman–Crippen MR) is 97.9 cm³/mol. The minimum Gasteiger partial charge on any atom is -0.302 e. The van der Waals surface area contributed by atoms with Gasteiger partial charge in [-0.25, -0.2) is 0 Å². The third-order valence-electron chi connectivity index (χ3n) is 3.76. The van der Waals surface area contributed by atoms with Gasteiger partial charge in [-0.3, -0.25) is 9.78 Å². The average molecular weight is 330 g/mol. The molecule has 0 aliphatic rings. The van der Waals surface area contributed by atoms with Crippen LogP contribution in [-0.4, -0.2) is 9.55 Å². The van der Waals surface area contributed by atoms with Crippen LogP contribution >= 0.6 is 11.8 Å². The molecule has 116 valence electrons. The zero-order chi connectivity index (χ0) is 16.4. The van der Waals surface area contributed by atoms with Crippen molar-refractivity contribution >= 4 is 22.7 Å². The van der Waals surface area contributed by atoms with Gasteiger partial charge in [0.25, 0.3) is 0 Å². The number of hydrogen-bond donors (Lipinski definition) is 0. The van der Waals surface area contributed by atoms with E-state index in [1.165, 1.54) is 0 Å². The Morgan fingerprint density at radius 2 is 1.58 bits per heavy atom. The van der Waals surface area contributed by atoms with Gasteiger partial charge < -0.3 is 4.57 Å². The molecule has 0 bridgehead atoms. The van der Waals surface area contributed by atoms with E-state index in [0.717, 1.165) is 21.1 Å². The monoisotopic (exact) mass is 330 g/mol. The van der Waals surface area contributed by atoms with E-state index in [2.05, 4.69) is 9.55 Å². The van der Waals surface area contributed by atoms with Crippen molar-refractivity contribution in [2.24, 2.45) is 0 Å². The van der Waals surface area contributed by atoms with E-state index in [0.29, 0.717) is 5.39 Å². The lowest BCUT2D eigenvalue weighted by molar-refractivity contribution is 0.954. The molecule has 2 heterocycles. The summed E-state index contributed by atoms with van der Waals surface area (Å²) in [7, 11) is 0. The summed E-state index contributed by atoms with van der Waals surface area (Å²) in [6, 6.07) is 23.6. The minimum absolute atomic E-state index is 0.0120. The fourth-order valence-corrected chi connectivity index (χ4v) is 3.67. The number of rotatable bonds is 3. The van der Waals surface area contributed by atoms with Gasteiger partial charge in [0.2, 0.25) is 0 Å². The van der Waals surface area contributed by atoms with Crippen molar-refractivity contribution in [3.05, 3.63) is 95.4 Å². The highest BCUT2D eigenvalue weighted by Crippen LogP contribution is 2.31. The van der Waals surface area contributed by atoms with Crippen LogP contribution in [0.5, 0.6) is 0 Å². The minimum atomic E-state index is 0.0120. The van der Waals surface area contributed by atoms with Gasteiger partial charge in [-0.15, -0.1) is 0 Å². The second kappa shape index (κ2) is 6.34. The molecule has 0 amide bonds. The molecule has 0 aliphatic carbocycles. The first-order valence-corrected chi connectivity index (χ1v) is 8.43. The van der Waals surface area contributed by atoms with Crippen LogP contribution in [0.15, 0.2) is 99.9 Å². The summed E-state index contributed by atoms with van der Waals surface area (Å²) in [5.41, 5.74) is 1.83. The Bertz CT molecular complexity index is 1040. The summed E-state index contributed by atoms with van der Waals surface area (Å²) in [4.78, 5) is 17.8. The van der Waals surface area contributed by atoms with E-state index in [9.17, 15) is 4.79 Å². The Hall–Kier alpha value is -2.85. The van der Waals surface area contributed by atoms with Gasteiger partial charge in [0.15, 0.2) is 5.43 Å². The maximum Gasteiger partial charge on any atom is 0.190 e. The maximum absolute atomic E-state index is 12.5. The third kappa shape index (κ3) is 2.72. The largest absolute Gasteiger partial charge is 0.302 e. The zero-order valence-electron chi connectivity index (χ0n) is 12.8. The fourth-order valence-electron chi connectivity index (χ4n) is 2.67. The highest BCUT2D eigenvalue weighted by Gasteiger charge is 2.12. The molecule has 2 aromatic carbocycles. The van der Waals surface area contributed by atoms with Crippen LogP contribution in [0.3, 0.4) is 0 Å². The number of hydrogen-bond acceptors (Lipinski definition) is 3. The first kappa shape index (κ1) is 14.7. The third-order valence-corrected chi connectivity index (χ3v) is 4.78. The molecule has 0 saturated heterocycles. The summed E-state index contributed by atoms with van der Waals surface area (Å²) in [6.07, 6.45) is 3.40. The molecule has 4 aromatic rings. The van der Waals surface area contributed by atoms with Crippen molar-refractivity contribution in [2.45, 2.75) is 9.92 Å². The van der Waals surface area contributed by atoms with E-state index < -0.39 is 0 Å². The van der Waals surface area contributed by atoms with Gasteiger partial charge in [0.1, 0.15) is 0 Å². The predicted octanol–water partition coefficient (Wildman–Crippen LogP) is 4.54. The lowest BCUT2D eigenvalue weighted by Gasteiger charge is -2.16. The highest BCUT2D eigenvalue weighted by atomic mass is 32.2. The van der Waals surface area contributed by atoms with Gasteiger partial charge in [0, 0.05) is 28.2 Å². The molecule has 0 fully saturated rings. The van der Waals surface area contributed by atoms with Crippen LogP contribution < -0.4 is 5.43 Å². The number of para-hydroxylation sites is 1. The molecule has 0 atom stereocenters. The van der Waals surface area contributed by atoms with Crippen LogP contribution in [0.2, 0.25) is 0 Å². The number of nitrogens with zero attached hydrogens (tertiary/aromatic N) is 2. The molecule has 0 N–H and O–H groups in total. The molecule has 0 spiro atoms. The van der Waals surface area contributed by atoms with Crippen LogP contribution in [0, 0.1) is 0 Å². The second-order valence-corrected chi connectivity index (χ2v) is 6.42. The number of pyridine rings is 2. The summed E-state index contributed by atoms with van der Waals surface area (Å²) >= 11 is 1.57. The van der Waals surface area contributed by atoms with Gasteiger partial charge in [0.05, 0.1) is 16.7 Å². The molecule has 4 heteroatoms. The SMILES string of the molecule is O=c1cc(Sc2ccccc2)n(-c2ccccc2)c2cnccc12. The molecule has 3 nitrogen and oxygen atoms in total. The Kier molecular flexibility index (Phi) is 3.89. The number of benzene rings is 2. The van der Waals surface area contributed by atoms with Crippen LogP contribution in [0.1, 0.15) is 0 Å². The molecule has 0 saturated carbocycles. The van der Waals surface area contributed by atoms with Crippen molar-refractivity contribution < 1.29 is 0 Å². The van der Waals surface area contributed by atoms with Crippen molar-refractivity contribution in [1.29, 1.82) is 0 Å². The standard InChI is InChI=1S/C20H14N2OS/c23-19-13-20(24-16-9-5-2-6-10-16)22(15-7-3-1-4-8-15)18-14-21-12-11-17(18)19/h1-14H. The summed E-state index contributed by atoms with van der Waals surface area (Å²) in [6.45, 7) is 0. The molecular formula is C20H14N2OS. The molecule has 2 aromatic heterocycles. The van der Waals surface area contributed by atoms with Crippen LogP contribution in [0.4, 0.5) is 0 Å². The fraction of sp³-hybridized carbons (Fsp3) is 0. The Labute approximate surface area is 143 Å². The summed E-state index contributed by atoms with van der Waals surface area (Å²) in [5.74, 6) is 0. The molecule has 24 heavy (non-hydrogen) atoms. The van der Waals surface area contributed by atoms with Crippen LogP contribution in [0.25, 0.3) is 16.6 Å². The van der Waals surface area contributed by atoms with Crippen molar-refractivity contribution in [3.8, 4) is 5.69 Å². The van der Waals surface area contributed by atoms with Gasteiger partial charge in [-0.05, 0) is 30.3 Å². The summed E-state index contributed by atoms with van der Waals surface area (Å²) in [5, 5.41) is 1.55. The molecule has 0 unspecified atom stereocenters. The number of fused-ring (bicyclic) bond motifs is 1.